The second-order valence-electron chi connectivity index (χ2n) is 4.70. The molecule has 2 rings (SSSR count). The molecule has 0 saturated carbocycles. The Labute approximate surface area is 106 Å². The molecule has 1 aromatic carbocycles. The molecule has 0 radical (unpaired) electrons. The number of alkyl carbamates (subject to hydrolysis) is 1. The molecule has 4 nitrogen and oxygen atoms in total. The number of aromatic hydroxyl groups is 1. The molecule has 1 aliphatic heterocycles. The molecule has 2 N–H and O–H groups in total. The molecule has 0 bridgehead atoms. The molecule has 1 saturated heterocycles. The highest BCUT2D eigenvalue weighted by atomic mass is 35.5. The van der Waals surface area contributed by atoms with Crippen molar-refractivity contribution in [2.45, 2.75) is 19.9 Å². The van der Waals surface area contributed by atoms with Crippen LogP contribution in [0.5, 0.6) is 5.75 Å². The number of ether oxygens (including phenoxy) is 1. The molecular formula is C12H16ClNO3. The lowest BCUT2D eigenvalue weighted by atomic mass is 9.80. The highest BCUT2D eigenvalue weighted by Crippen LogP contribution is 2.39. The first-order valence-corrected chi connectivity index (χ1v) is 5.22. The summed E-state index contributed by atoms with van der Waals surface area (Å²) in [5, 5.41) is 12.5. The molecule has 94 valence electrons. The van der Waals surface area contributed by atoms with Crippen LogP contribution in [-0.2, 0) is 4.74 Å². The van der Waals surface area contributed by atoms with E-state index in [4.69, 9.17) is 4.74 Å². The Bertz CT molecular complexity index is 420. The quantitative estimate of drug-likeness (QED) is 0.813. The number of phenols is 1. The van der Waals surface area contributed by atoms with E-state index in [9.17, 15) is 9.90 Å². The zero-order chi connectivity index (χ0) is 11.8. The van der Waals surface area contributed by atoms with Crippen molar-refractivity contribution in [3.63, 3.8) is 0 Å². The first-order chi connectivity index (χ1) is 7.50. The molecule has 1 aromatic rings. The third kappa shape index (κ3) is 2.64. The highest BCUT2D eigenvalue weighted by Gasteiger charge is 2.38. The Morgan fingerprint density at radius 1 is 1.41 bits per heavy atom. The maximum atomic E-state index is 11.2. The minimum atomic E-state index is -0.437. The average molecular weight is 258 g/mol. The lowest BCUT2D eigenvalue weighted by Crippen LogP contribution is -2.46. The smallest absolute Gasteiger partial charge is 0.407 e. The fourth-order valence-electron chi connectivity index (χ4n) is 1.92. The maximum Gasteiger partial charge on any atom is 0.407 e. The topological polar surface area (TPSA) is 58.6 Å². The summed E-state index contributed by atoms with van der Waals surface area (Å²) >= 11 is 0. The highest BCUT2D eigenvalue weighted by molar-refractivity contribution is 5.85. The zero-order valence-corrected chi connectivity index (χ0v) is 10.6. The number of nitrogens with one attached hydrogen (secondary N) is 1. The molecule has 1 aliphatic rings. The SMILES string of the molecule is CC1(C)COC(=O)N[C@@H]1c1ccccc1O.Cl. The van der Waals surface area contributed by atoms with Crippen LogP contribution in [-0.4, -0.2) is 17.8 Å². The Morgan fingerprint density at radius 2 is 2.06 bits per heavy atom. The molecule has 1 atom stereocenters. The Balaban J connectivity index is 0.00000144. The molecule has 1 amide bonds. The van der Waals surface area contributed by atoms with Gasteiger partial charge >= 0.3 is 6.09 Å². The van der Waals surface area contributed by atoms with E-state index in [1.54, 1.807) is 12.1 Å². The number of benzene rings is 1. The third-order valence-electron chi connectivity index (χ3n) is 2.87. The van der Waals surface area contributed by atoms with Crippen LogP contribution in [0.2, 0.25) is 0 Å². The summed E-state index contributed by atoms with van der Waals surface area (Å²) in [5.41, 5.74) is 0.483. The van der Waals surface area contributed by atoms with E-state index in [0.29, 0.717) is 6.61 Å². The number of halogens is 1. The molecule has 5 heteroatoms. The van der Waals surface area contributed by atoms with Gasteiger partial charge in [0.2, 0.25) is 0 Å². The maximum absolute atomic E-state index is 11.2. The molecule has 17 heavy (non-hydrogen) atoms. The van der Waals surface area contributed by atoms with Gasteiger partial charge in [-0.05, 0) is 6.07 Å². The van der Waals surface area contributed by atoms with Gasteiger partial charge in [0.1, 0.15) is 12.4 Å². The average Bonchev–Trinajstić information content (AvgIpc) is 2.23. The van der Waals surface area contributed by atoms with Gasteiger partial charge in [0.15, 0.2) is 0 Å². The van der Waals surface area contributed by atoms with Crippen LogP contribution in [0.4, 0.5) is 4.79 Å². The van der Waals surface area contributed by atoms with Gasteiger partial charge in [-0.2, -0.15) is 0 Å². The Hall–Kier alpha value is -1.42. The van der Waals surface area contributed by atoms with Crippen molar-refractivity contribution in [3.8, 4) is 5.75 Å². The van der Waals surface area contributed by atoms with Crippen LogP contribution in [0, 0.1) is 5.41 Å². The first-order valence-electron chi connectivity index (χ1n) is 5.22. The molecule has 0 aromatic heterocycles. The molecule has 1 heterocycles. The van der Waals surface area contributed by atoms with Gasteiger partial charge in [0.05, 0.1) is 6.04 Å². The largest absolute Gasteiger partial charge is 0.508 e. The summed E-state index contributed by atoms with van der Waals surface area (Å²) in [4.78, 5) is 11.2. The van der Waals surface area contributed by atoms with Crippen LogP contribution in [0.15, 0.2) is 24.3 Å². The van der Waals surface area contributed by atoms with E-state index in [2.05, 4.69) is 5.32 Å². The minimum Gasteiger partial charge on any atom is -0.508 e. The van der Waals surface area contributed by atoms with Gasteiger partial charge in [-0.1, -0.05) is 32.0 Å². The summed E-state index contributed by atoms with van der Waals surface area (Å²) in [6.07, 6.45) is -0.437. The second-order valence-corrected chi connectivity index (χ2v) is 4.70. The Morgan fingerprint density at radius 3 is 2.71 bits per heavy atom. The summed E-state index contributed by atoms with van der Waals surface area (Å²) in [6.45, 7) is 4.32. The lowest BCUT2D eigenvalue weighted by Gasteiger charge is -2.38. The van der Waals surface area contributed by atoms with Crippen LogP contribution in [0.1, 0.15) is 25.5 Å². The van der Waals surface area contributed by atoms with Gasteiger partial charge in [-0.25, -0.2) is 4.79 Å². The number of carbonyl (C=O) groups excluding carboxylic acids is 1. The number of cyclic esters (lactones) is 1. The van der Waals surface area contributed by atoms with Crippen LogP contribution in [0.3, 0.4) is 0 Å². The van der Waals surface area contributed by atoms with Gasteiger partial charge in [0.25, 0.3) is 0 Å². The summed E-state index contributed by atoms with van der Waals surface area (Å²) < 4.78 is 4.95. The summed E-state index contributed by atoms with van der Waals surface area (Å²) in [7, 11) is 0. The molecule has 0 unspecified atom stereocenters. The van der Waals surface area contributed by atoms with Crippen molar-refractivity contribution in [1.29, 1.82) is 0 Å². The molecule has 1 fully saturated rings. The van der Waals surface area contributed by atoms with Crippen LogP contribution in [0.25, 0.3) is 0 Å². The van der Waals surface area contributed by atoms with Crippen LogP contribution < -0.4 is 5.32 Å². The van der Waals surface area contributed by atoms with E-state index in [-0.39, 0.29) is 29.6 Å². The predicted octanol–water partition coefficient (Wildman–Crippen LogP) is 2.62. The van der Waals surface area contributed by atoms with E-state index in [0.717, 1.165) is 5.56 Å². The summed E-state index contributed by atoms with van der Waals surface area (Å²) in [6, 6.07) is 6.80. The van der Waals surface area contributed by atoms with Crippen LogP contribution >= 0.6 is 12.4 Å². The van der Waals surface area contributed by atoms with Crippen molar-refractivity contribution in [2.75, 3.05) is 6.61 Å². The third-order valence-corrected chi connectivity index (χ3v) is 2.87. The first kappa shape index (κ1) is 13.6. The van der Waals surface area contributed by atoms with Gasteiger partial charge < -0.3 is 15.2 Å². The number of carbonyl (C=O) groups is 1. The number of hydrogen-bond donors (Lipinski definition) is 2. The minimum absolute atomic E-state index is 0. The number of amides is 1. The number of hydrogen-bond acceptors (Lipinski definition) is 3. The second kappa shape index (κ2) is 4.84. The van der Waals surface area contributed by atoms with Crippen molar-refractivity contribution in [3.05, 3.63) is 29.8 Å². The van der Waals surface area contributed by atoms with Gasteiger partial charge in [-0.3, -0.25) is 0 Å². The molecular weight excluding hydrogens is 242 g/mol. The molecule has 0 spiro atoms. The fraction of sp³-hybridized carbons (Fsp3) is 0.417. The monoisotopic (exact) mass is 257 g/mol. The van der Waals surface area contributed by atoms with E-state index in [1.807, 2.05) is 26.0 Å². The number of phenolic OH excluding ortho intramolecular Hbond substituents is 1. The van der Waals surface area contributed by atoms with Crippen molar-refractivity contribution < 1.29 is 14.6 Å². The fourth-order valence-corrected chi connectivity index (χ4v) is 1.92. The number of rotatable bonds is 1. The van der Waals surface area contributed by atoms with E-state index < -0.39 is 6.09 Å². The summed E-state index contributed by atoms with van der Waals surface area (Å²) in [5.74, 6) is 0.197. The Kier molecular flexibility index (Phi) is 3.88. The van der Waals surface area contributed by atoms with Crippen molar-refractivity contribution in [2.24, 2.45) is 5.41 Å². The lowest BCUT2D eigenvalue weighted by molar-refractivity contribution is 0.0381. The van der Waals surface area contributed by atoms with Gasteiger partial charge in [0, 0.05) is 11.0 Å². The molecule has 0 aliphatic carbocycles. The predicted molar refractivity (Wildman–Crippen MR) is 66.4 cm³/mol. The standard InChI is InChI=1S/C12H15NO3.ClH/c1-12(2)7-16-11(15)13-10(12)8-5-3-4-6-9(8)14;/h3-6,10,14H,7H2,1-2H3,(H,13,15);1H/t10-;/m1./s1. The number of para-hydroxylation sites is 1. The van der Waals surface area contributed by atoms with Gasteiger partial charge in [-0.15, -0.1) is 12.4 Å². The normalized spacial score (nSPS) is 22.0. The van der Waals surface area contributed by atoms with E-state index >= 15 is 0 Å². The van der Waals surface area contributed by atoms with Crippen molar-refractivity contribution >= 4 is 18.5 Å². The van der Waals surface area contributed by atoms with E-state index in [1.165, 1.54) is 0 Å². The van der Waals surface area contributed by atoms with Crippen molar-refractivity contribution in [1.82, 2.24) is 5.32 Å². The zero-order valence-electron chi connectivity index (χ0n) is 9.77.